The Bertz CT molecular complexity index is 977. The van der Waals surface area contributed by atoms with E-state index in [1.807, 2.05) is 18.6 Å². The van der Waals surface area contributed by atoms with E-state index < -0.39 is 0 Å². The summed E-state index contributed by atoms with van der Waals surface area (Å²) < 4.78 is 15.0. The number of halogens is 1. The molecule has 6 nitrogen and oxygen atoms in total. The fourth-order valence-corrected chi connectivity index (χ4v) is 4.17. The fourth-order valence-electron chi connectivity index (χ4n) is 2.75. The van der Waals surface area contributed by atoms with E-state index in [4.69, 9.17) is 5.41 Å². The lowest BCUT2D eigenvalue weighted by Crippen LogP contribution is -2.20. The summed E-state index contributed by atoms with van der Waals surface area (Å²) in [6.07, 6.45) is 12.7. The van der Waals surface area contributed by atoms with Crippen LogP contribution in [-0.2, 0) is 4.79 Å². The van der Waals surface area contributed by atoms with Gasteiger partial charge in [-0.3, -0.25) is 15.3 Å². The van der Waals surface area contributed by atoms with E-state index in [2.05, 4.69) is 20.8 Å². The van der Waals surface area contributed by atoms with Gasteiger partial charge in [0.2, 0.25) is 6.41 Å². The van der Waals surface area contributed by atoms with E-state index >= 15 is 4.39 Å². The first-order valence-corrected chi connectivity index (χ1v) is 9.97. The van der Waals surface area contributed by atoms with Crippen LogP contribution in [0.1, 0.15) is 5.56 Å². The van der Waals surface area contributed by atoms with Gasteiger partial charge in [-0.25, -0.2) is 4.39 Å². The zero-order valence-corrected chi connectivity index (χ0v) is 15.6. The highest BCUT2D eigenvalue weighted by Gasteiger charge is 2.22. The van der Waals surface area contributed by atoms with Gasteiger partial charge in [0.15, 0.2) is 5.82 Å². The molecule has 134 valence electrons. The monoisotopic (exact) mass is 389 g/mol. The lowest BCUT2D eigenvalue weighted by atomic mass is 9.98. The maximum absolute atomic E-state index is 15.0. The number of H-pyrrole nitrogens is 1. The largest absolute Gasteiger partial charge is 0.362 e. The Kier molecular flexibility index (Phi) is 5.48. The lowest BCUT2D eigenvalue weighted by molar-refractivity contribution is -0.108. The predicted octanol–water partition coefficient (Wildman–Crippen LogP) is 3.25. The molecule has 3 rings (SSSR count). The summed E-state index contributed by atoms with van der Waals surface area (Å²) in [5, 5.41) is 20.8. The third-order valence-corrected chi connectivity index (χ3v) is 5.38. The molecular weight excluding hydrogens is 373 g/mol. The molecule has 1 aliphatic rings. The number of allylic oxidation sites excluding steroid dienone is 3. The molecule has 0 fully saturated rings. The van der Waals surface area contributed by atoms with Crippen LogP contribution in [0.2, 0.25) is 0 Å². The summed E-state index contributed by atoms with van der Waals surface area (Å²) in [5.41, 5.74) is 2.81. The number of aromatic amines is 1. The Morgan fingerprint density at radius 1 is 1.35 bits per heavy atom. The highest BCUT2D eigenvalue weighted by atomic mass is 32.2. The van der Waals surface area contributed by atoms with Crippen LogP contribution in [0, 0.1) is 11.2 Å². The third-order valence-electron chi connectivity index (χ3n) is 3.80. The van der Waals surface area contributed by atoms with Crippen molar-refractivity contribution in [2.24, 2.45) is 0 Å². The number of dihydropyridines is 1. The van der Waals surface area contributed by atoms with Crippen LogP contribution in [0.25, 0.3) is 16.5 Å². The number of hydrogen-bond acceptors (Lipinski definition) is 6. The van der Waals surface area contributed by atoms with Gasteiger partial charge in [-0.1, -0.05) is 0 Å². The SMILES string of the molecule is CSc1c(F)c(SC)c2[nH]ncc2c1C1=C/C(=C/C(=N)NC=O)NC=C1. The van der Waals surface area contributed by atoms with E-state index in [1.54, 1.807) is 18.5 Å². The molecular formula is C17H16FN5OS2. The maximum atomic E-state index is 15.0. The molecule has 0 bridgehead atoms. The standard InChI is InChI=1S/C17H16FN5OS2/c1-25-16-13(11-7-22-23-15(11)17(26-2)14(16)18)9-3-4-20-10(5-9)6-12(19)21-8-24/h3-8,20H,1-2H3,(H,22,23)(H2,19,21,24)/b10-6-. The van der Waals surface area contributed by atoms with Gasteiger partial charge in [0, 0.05) is 28.9 Å². The van der Waals surface area contributed by atoms with Crippen molar-refractivity contribution >= 4 is 52.2 Å². The average Bonchev–Trinajstić information content (AvgIpc) is 3.10. The first-order valence-electron chi connectivity index (χ1n) is 7.52. The van der Waals surface area contributed by atoms with Gasteiger partial charge < -0.3 is 10.6 Å². The number of aromatic nitrogens is 2. The van der Waals surface area contributed by atoms with Crippen LogP contribution in [0.3, 0.4) is 0 Å². The summed E-state index contributed by atoms with van der Waals surface area (Å²) in [6, 6.07) is 0. The van der Waals surface area contributed by atoms with E-state index in [0.29, 0.717) is 27.4 Å². The Morgan fingerprint density at radius 2 is 2.12 bits per heavy atom. The zero-order chi connectivity index (χ0) is 18.7. The van der Waals surface area contributed by atoms with E-state index in [9.17, 15) is 4.79 Å². The minimum Gasteiger partial charge on any atom is -0.362 e. The molecule has 1 aliphatic heterocycles. The Morgan fingerprint density at radius 3 is 2.81 bits per heavy atom. The number of thioether (sulfide) groups is 2. The van der Waals surface area contributed by atoms with Crippen molar-refractivity contribution in [1.82, 2.24) is 20.8 Å². The predicted molar refractivity (Wildman–Crippen MR) is 105 cm³/mol. The minimum atomic E-state index is -0.273. The van der Waals surface area contributed by atoms with Gasteiger partial charge in [-0.05, 0) is 30.2 Å². The normalized spacial score (nSPS) is 15.0. The lowest BCUT2D eigenvalue weighted by Gasteiger charge is -2.17. The van der Waals surface area contributed by atoms with Crippen molar-refractivity contribution in [1.29, 1.82) is 5.41 Å². The molecule has 1 aromatic heterocycles. The summed E-state index contributed by atoms with van der Waals surface area (Å²) in [7, 11) is 0. The van der Waals surface area contributed by atoms with E-state index in [-0.39, 0.29) is 11.7 Å². The second kappa shape index (κ2) is 7.79. The number of nitrogens with zero attached hydrogens (tertiary/aromatic N) is 1. The molecule has 26 heavy (non-hydrogen) atoms. The summed E-state index contributed by atoms with van der Waals surface area (Å²) in [6.45, 7) is 0. The van der Waals surface area contributed by atoms with Crippen LogP contribution in [0.15, 0.2) is 46.1 Å². The van der Waals surface area contributed by atoms with Crippen molar-refractivity contribution in [2.45, 2.75) is 9.79 Å². The number of benzene rings is 1. The molecule has 0 radical (unpaired) electrons. The second-order valence-corrected chi connectivity index (χ2v) is 6.90. The van der Waals surface area contributed by atoms with Gasteiger partial charge in [0.25, 0.3) is 0 Å². The molecule has 0 aliphatic carbocycles. The molecule has 4 N–H and O–H groups in total. The zero-order valence-electron chi connectivity index (χ0n) is 14.0. The average molecular weight is 389 g/mol. The van der Waals surface area contributed by atoms with Gasteiger partial charge in [-0.15, -0.1) is 23.5 Å². The second-order valence-electron chi connectivity index (χ2n) is 5.27. The van der Waals surface area contributed by atoms with Crippen LogP contribution in [-0.4, -0.2) is 35.0 Å². The number of fused-ring (bicyclic) bond motifs is 1. The fraction of sp³-hybridized carbons (Fsp3) is 0.118. The number of rotatable bonds is 5. The molecule has 0 spiro atoms. The molecule has 0 saturated carbocycles. The molecule has 0 saturated heterocycles. The van der Waals surface area contributed by atoms with Crippen molar-refractivity contribution in [3.8, 4) is 0 Å². The van der Waals surface area contributed by atoms with Crippen molar-refractivity contribution in [3.05, 3.63) is 47.7 Å². The van der Waals surface area contributed by atoms with Crippen molar-refractivity contribution < 1.29 is 9.18 Å². The summed E-state index contributed by atoms with van der Waals surface area (Å²) >= 11 is 2.68. The van der Waals surface area contributed by atoms with Crippen molar-refractivity contribution in [3.63, 3.8) is 0 Å². The van der Waals surface area contributed by atoms with E-state index in [1.165, 1.54) is 29.6 Å². The first kappa shape index (κ1) is 18.3. The molecule has 2 heterocycles. The van der Waals surface area contributed by atoms with Gasteiger partial charge >= 0.3 is 0 Å². The highest BCUT2D eigenvalue weighted by Crippen LogP contribution is 2.41. The number of nitrogens with one attached hydrogen (secondary N) is 4. The summed E-state index contributed by atoms with van der Waals surface area (Å²) in [5.74, 6) is -0.318. The summed E-state index contributed by atoms with van der Waals surface area (Å²) in [4.78, 5) is 11.5. The van der Waals surface area contributed by atoms with Gasteiger partial charge in [-0.2, -0.15) is 5.10 Å². The maximum Gasteiger partial charge on any atom is 0.212 e. The first-order chi connectivity index (χ1) is 12.6. The van der Waals surface area contributed by atoms with Gasteiger partial charge in [0.1, 0.15) is 5.84 Å². The van der Waals surface area contributed by atoms with Crippen molar-refractivity contribution in [2.75, 3.05) is 12.5 Å². The Balaban J connectivity index is 2.20. The Labute approximate surface area is 157 Å². The minimum absolute atomic E-state index is 0.0455. The number of carbonyl (C=O) groups excluding carboxylic acids is 1. The van der Waals surface area contributed by atoms with Crippen LogP contribution in [0.4, 0.5) is 4.39 Å². The quantitative estimate of drug-likeness (QED) is 0.273. The van der Waals surface area contributed by atoms with Crippen LogP contribution in [0.5, 0.6) is 0 Å². The molecule has 0 atom stereocenters. The number of amides is 1. The third kappa shape index (κ3) is 3.27. The Hall–Kier alpha value is -2.52. The number of hydrogen-bond donors (Lipinski definition) is 4. The molecule has 2 aromatic rings. The number of amidine groups is 1. The number of carbonyl (C=O) groups is 1. The van der Waals surface area contributed by atoms with Gasteiger partial charge in [0.05, 0.1) is 21.5 Å². The molecule has 0 unspecified atom stereocenters. The molecule has 9 heteroatoms. The van der Waals surface area contributed by atoms with Crippen LogP contribution >= 0.6 is 23.5 Å². The van der Waals surface area contributed by atoms with E-state index in [0.717, 1.165) is 16.5 Å². The topological polar surface area (TPSA) is 93.7 Å². The molecule has 1 aromatic carbocycles. The highest BCUT2D eigenvalue weighted by molar-refractivity contribution is 7.99. The molecule has 1 amide bonds. The van der Waals surface area contributed by atoms with Crippen LogP contribution < -0.4 is 10.6 Å². The smallest absolute Gasteiger partial charge is 0.212 e.